The van der Waals surface area contributed by atoms with Crippen molar-refractivity contribution in [2.45, 2.75) is 45.6 Å². The van der Waals surface area contributed by atoms with E-state index < -0.39 is 5.60 Å². The second-order valence-corrected chi connectivity index (χ2v) is 8.48. The summed E-state index contributed by atoms with van der Waals surface area (Å²) in [5.74, 6) is 0.512. The van der Waals surface area contributed by atoms with Crippen LogP contribution in [0.1, 0.15) is 40.2 Å². The van der Waals surface area contributed by atoms with Gasteiger partial charge in [0.2, 0.25) is 0 Å². The van der Waals surface area contributed by atoms with Crippen LogP contribution in [-0.4, -0.2) is 11.5 Å². The maximum atomic E-state index is 12.6. The van der Waals surface area contributed by atoms with Crippen LogP contribution in [0, 0.1) is 3.57 Å². The summed E-state index contributed by atoms with van der Waals surface area (Å²) in [7, 11) is 0. The van der Waals surface area contributed by atoms with Crippen molar-refractivity contribution in [2.75, 3.05) is 5.32 Å². The van der Waals surface area contributed by atoms with E-state index in [4.69, 9.17) is 4.74 Å². The van der Waals surface area contributed by atoms with Crippen molar-refractivity contribution in [1.82, 2.24) is 0 Å². The summed E-state index contributed by atoms with van der Waals surface area (Å²) in [6, 6.07) is 15.6. The number of ether oxygens (including phenoxy) is 1. The molecule has 0 fully saturated rings. The number of hydrogen-bond acceptors (Lipinski definition) is 2. The molecule has 0 saturated heterocycles. The number of halogens is 1. The molecular formula is C20H24INO2. The molecule has 0 aromatic heterocycles. The van der Waals surface area contributed by atoms with Gasteiger partial charge in [0.05, 0.1) is 5.69 Å². The van der Waals surface area contributed by atoms with Gasteiger partial charge in [-0.2, -0.15) is 0 Å². The fourth-order valence-electron chi connectivity index (χ4n) is 2.20. The molecule has 24 heavy (non-hydrogen) atoms. The number of rotatable bonds is 4. The highest BCUT2D eigenvalue weighted by molar-refractivity contribution is 14.1. The number of nitrogens with one attached hydrogen (secondary N) is 1. The van der Waals surface area contributed by atoms with Gasteiger partial charge >= 0.3 is 0 Å². The van der Waals surface area contributed by atoms with Crippen LogP contribution in [0.2, 0.25) is 0 Å². The summed E-state index contributed by atoms with van der Waals surface area (Å²) in [6.45, 7) is 10.1. The topological polar surface area (TPSA) is 38.3 Å². The van der Waals surface area contributed by atoms with E-state index in [0.29, 0.717) is 5.75 Å². The summed E-state index contributed by atoms with van der Waals surface area (Å²) in [4.78, 5) is 12.6. The molecule has 2 aromatic carbocycles. The minimum Gasteiger partial charge on any atom is -0.478 e. The lowest BCUT2D eigenvalue weighted by molar-refractivity contribution is -0.128. The summed E-state index contributed by atoms with van der Waals surface area (Å²) in [6.07, 6.45) is 0. The standard InChI is InChI=1S/C20H24INO2/c1-19(2,3)14-10-12-15(13-11-14)24-20(4,5)18(23)22-17-9-7-6-8-16(17)21/h6-13H,1-5H3,(H,22,23). The molecule has 0 aliphatic rings. The Morgan fingerprint density at radius 3 is 2.08 bits per heavy atom. The molecule has 0 spiro atoms. The van der Waals surface area contributed by atoms with E-state index in [0.717, 1.165) is 9.26 Å². The molecule has 0 aliphatic heterocycles. The lowest BCUT2D eigenvalue weighted by Gasteiger charge is -2.26. The minimum absolute atomic E-state index is 0.0927. The van der Waals surface area contributed by atoms with E-state index in [1.165, 1.54) is 5.56 Å². The van der Waals surface area contributed by atoms with Gasteiger partial charge in [0, 0.05) is 3.57 Å². The highest BCUT2D eigenvalue weighted by atomic mass is 127. The van der Waals surface area contributed by atoms with Gasteiger partial charge in [0.15, 0.2) is 5.60 Å². The third kappa shape index (κ3) is 4.72. The Morgan fingerprint density at radius 2 is 1.54 bits per heavy atom. The molecule has 128 valence electrons. The molecule has 0 unspecified atom stereocenters. The molecule has 0 radical (unpaired) electrons. The minimum atomic E-state index is -0.970. The fraction of sp³-hybridized carbons (Fsp3) is 0.350. The van der Waals surface area contributed by atoms with Crippen molar-refractivity contribution in [2.24, 2.45) is 0 Å². The highest BCUT2D eigenvalue weighted by Gasteiger charge is 2.30. The summed E-state index contributed by atoms with van der Waals surface area (Å²) < 4.78 is 6.92. The molecule has 1 amide bonds. The zero-order chi connectivity index (χ0) is 18.0. The van der Waals surface area contributed by atoms with Crippen molar-refractivity contribution in [1.29, 1.82) is 0 Å². The van der Waals surface area contributed by atoms with E-state index in [1.807, 2.05) is 48.5 Å². The van der Waals surface area contributed by atoms with Gasteiger partial charge in [-0.25, -0.2) is 0 Å². The number of benzene rings is 2. The van der Waals surface area contributed by atoms with E-state index in [2.05, 4.69) is 48.7 Å². The number of para-hydroxylation sites is 1. The van der Waals surface area contributed by atoms with E-state index in [-0.39, 0.29) is 11.3 Å². The van der Waals surface area contributed by atoms with Gasteiger partial charge in [0.1, 0.15) is 5.75 Å². The number of amides is 1. The first-order chi connectivity index (χ1) is 11.1. The van der Waals surface area contributed by atoms with Gasteiger partial charge in [-0.05, 0) is 71.7 Å². The van der Waals surface area contributed by atoms with Crippen LogP contribution in [-0.2, 0) is 10.2 Å². The molecular weight excluding hydrogens is 413 g/mol. The molecule has 2 aromatic rings. The Hall–Kier alpha value is -1.56. The highest BCUT2D eigenvalue weighted by Crippen LogP contribution is 2.27. The van der Waals surface area contributed by atoms with Gasteiger partial charge in [-0.3, -0.25) is 4.79 Å². The van der Waals surface area contributed by atoms with E-state index in [9.17, 15) is 4.79 Å². The van der Waals surface area contributed by atoms with E-state index in [1.54, 1.807) is 13.8 Å². The smallest absolute Gasteiger partial charge is 0.268 e. The molecule has 4 heteroatoms. The quantitative estimate of drug-likeness (QED) is 0.652. The van der Waals surface area contributed by atoms with Crippen LogP contribution in [0.5, 0.6) is 5.75 Å². The van der Waals surface area contributed by atoms with Crippen LogP contribution < -0.4 is 10.1 Å². The Balaban J connectivity index is 2.10. The SMILES string of the molecule is CC(C)(Oc1ccc(C(C)(C)C)cc1)C(=O)Nc1ccccc1I. The zero-order valence-electron chi connectivity index (χ0n) is 14.8. The molecule has 0 saturated carbocycles. The maximum Gasteiger partial charge on any atom is 0.268 e. The van der Waals surface area contributed by atoms with Crippen LogP contribution in [0.4, 0.5) is 5.69 Å². The third-order valence-electron chi connectivity index (χ3n) is 3.76. The van der Waals surface area contributed by atoms with Crippen molar-refractivity contribution < 1.29 is 9.53 Å². The predicted octanol–water partition coefficient (Wildman–Crippen LogP) is 5.38. The number of carbonyl (C=O) groups is 1. The van der Waals surface area contributed by atoms with Gasteiger partial charge < -0.3 is 10.1 Å². The Morgan fingerprint density at radius 1 is 0.958 bits per heavy atom. The summed E-state index contributed by atoms with van der Waals surface area (Å²) >= 11 is 2.20. The Kier molecular flexibility index (Phi) is 5.58. The Bertz CT molecular complexity index is 715. The first-order valence-electron chi connectivity index (χ1n) is 7.95. The predicted molar refractivity (Wildman–Crippen MR) is 108 cm³/mol. The lowest BCUT2D eigenvalue weighted by Crippen LogP contribution is -2.42. The number of anilines is 1. The second kappa shape index (κ2) is 7.13. The van der Waals surface area contributed by atoms with Gasteiger partial charge in [-0.1, -0.05) is 45.0 Å². The fourth-order valence-corrected chi connectivity index (χ4v) is 2.72. The first-order valence-corrected chi connectivity index (χ1v) is 9.03. The normalized spacial score (nSPS) is 11.9. The van der Waals surface area contributed by atoms with Crippen LogP contribution >= 0.6 is 22.6 Å². The number of carbonyl (C=O) groups excluding carboxylic acids is 1. The average Bonchev–Trinajstić information content (AvgIpc) is 2.48. The molecule has 2 rings (SSSR count). The monoisotopic (exact) mass is 437 g/mol. The first kappa shape index (κ1) is 18.8. The number of hydrogen-bond donors (Lipinski definition) is 1. The summed E-state index contributed by atoms with van der Waals surface area (Å²) in [5.41, 5.74) is 1.15. The van der Waals surface area contributed by atoms with Crippen LogP contribution in [0.3, 0.4) is 0 Å². The van der Waals surface area contributed by atoms with Crippen molar-refractivity contribution in [3.05, 3.63) is 57.7 Å². The molecule has 0 bridgehead atoms. The van der Waals surface area contributed by atoms with Crippen LogP contribution in [0.25, 0.3) is 0 Å². The van der Waals surface area contributed by atoms with Gasteiger partial charge in [-0.15, -0.1) is 0 Å². The van der Waals surface area contributed by atoms with Crippen molar-refractivity contribution in [3.8, 4) is 5.75 Å². The molecule has 0 aliphatic carbocycles. The average molecular weight is 437 g/mol. The Labute approximate surface area is 157 Å². The molecule has 0 heterocycles. The largest absolute Gasteiger partial charge is 0.478 e. The van der Waals surface area contributed by atoms with E-state index >= 15 is 0 Å². The molecule has 1 N–H and O–H groups in total. The van der Waals surface area contributed by atoms with Crippen LogP contribution in [0.15, 0.2) is 48.5 Å². The van der Waals surface area contributed by atoms with Gasteiger partial charge in [0.25, 0.3) is 5.91 Å². The zero-order valence-corrected chi connectivity index (χ0v) is 17.0. The molecule has 3 nitrogen and oxygen atoms in total. The second-order valence-electron chi connectivity index (χ2n) is 7.32. The van der Waals surface area contributed by atoms with Crippen molar-refractivity contribution >= 4 is 34.2 Å². The third-order valence-corrected chi connectivity index (χ3v) is 4.70. The lowest BCUT2D eigenvalue weighted by atomic mass is 9.87. The summed E-state index contributed by atoms with van der Waals surface area (Å²) in [5, 5.41) is 2.93. The maximum absolute atomic E-state index is 12.6. The molecule has 0 atom stereocenters. The van der Waals surface area contributed by atoms with Crippen molar-refractivity contribution in [3.63, 3.8) is 0 Å².